The van der Waals surface area contributed by atoms with Crippen molar-refractivity contribution in [2.24, 2.45) is 7.05 Å². The number of nitrogens with zero attached hydrogens (tertiary/aromatic N) is 4. The van der Waals surface area contributed by atoms with Gasteiger partial charge in [-0.05, 0) is 18.4 Å². The topological polar surface area (TPSA) is 56.7 Å². The SMILES string of the molecule is C[C@@H](Sc1nccn1C)c1nc(-c2cccs2)no1. The van der Waals surface area contributed by atoms with E-state index in [1.165, 1.54) is 0 Å². The van der Waals surface area contributed by atoms with Gasteiger partial charge in [0.1, 0.15) is 0 Å². The molecule has 0 N–H and O–H groups in total. The number of rotatable bonds is 4. The molecule has 0 aliphatic rings. The van der Waals surface area contributed by atoms with Crippen molar-refractivity contribution >= 4 is 23.1 Å². The second kappa shape index (κ2) is 5.18. The summed E-state index contributed by atoms with van der Waals surface area (Å²) in [5.74, 6) is 1.27. The van der Waals surface area contributed by atoms with E-state index in [9.17, 15) is 0 Å². The summed E-state index contributed by atoms with van der Waals surface area (Å²) in [7, 11) is 1.97. The highest BCUT2D eigenvalue weighted by Gasteiger charge is 2.18. The highest BCUT2D eigenvalue weighted by Crippen LogP contribution is 2.33. The lowest BCUT2D eigenvalue weighted by Crippen LogP contribution is -1.94. The monoisotopic (exact) mass is 292 g/mol. The van der Waals surface area contributed by atoms with Gasteiger partial charge in [-0.1, -0.05) is 23.0 Å². The van der Waals surface area contributed by atoms with E-state index in [-0.39, 0.29) is 5.25 Å². The van der Waals surface area contributed by atoms with Gasteiger partial charge in [0.2, 0.25) is 11.7 Å². The van der Waals surface area contributed by atoms with Crippen molar-refractivity contribution in [1.29, 1.82) is 0 Å². The zero-order valence-corrected chi connectivity index (χ0v) is 12.1. The van der Waals surface area contributed by atoms with E-state index in [0.717, 1.165) is 10.0 Å². The summed E-state index contributed by atoms with van der Waals surface area (Å²) < 4.78 is 7.30. The van der Waals surface area contributed by atoms with Crippen LogP contribution in [0.5, 0.6) is 0 Å². The van der Waals surface area contributed by atoms with Gasteiger partial charge in [-0.2, -0.15) is 4.98 Å². The number of imidazole rings is 1. The summed E-state index contributed by atoms with van der Waals surface area (Å²) in [6.07, 6.45) is 3.69. The number of hydrogen-bond acceptors (Lipinski definition) is 6. The first-order valence-electron chi connectivity index (χ1n) is 5.75. The summed E-state index contributed by atoms with van der Waals surface area (Å²) in [5.41, 5.74) is 0. The predicted molar refractivity (Wildman–Crippen MR) is 75.1 cm³/mol. The molecule has 0 radical (unpaired) electrons. The summed E-state index contributed by atoms with van der Waals surface area (Å²) in [6.45, 7) is 2.03. The maximum absolute atomic E-state index is 5.33. The molecule has 0 bridgehead atoms. The van der Waals surface area contributed by atoms with Crippen molar-refractivity contribution in [2.75, 3.05) is 0 Å². The quantitative estimate of drug-likeness (QED) is 0.690. The molecule has 0 aromatic carbocycles. The Labute approximate surface area is 118 Å². The number of hydrogen-bond donors (Lipinski definition) is 0. The smallest absolute Gasteiger partial charge is 0.240 e. The molecule has 1 atom stereocenters. The Hall–Kier alpha value is -1.60. The van der Waals surface area contributed by atoms with Crippen LogP contribution in [0, 0.1) is 0 Å². The molecule has 3 heterocycles. The van der Waals surface area contributed by atoms with Crippen LogP contribution in [0.3, 0.4) is 0 Å². The van der Waals surface area contributed by atoms with E-state index < -0.39 is 0 Å². The highest BCUT2D eigenvalue weighted by molar-refractivity contribution is 7.99. The first-order chi connectivity index (χ1) is 9.24. The Balaban J connectivity index is 1.77. The minimum absolute atomic E-state index is 0.0716. The van der Waals surface area contributed by atoms with E-state index in [4.69, 9.17) is 4.52 Å². The van der Waals surface area contributed by atoms with Crippen LogP contribution in [-0.2, 0) is 7.05 Å². The Morgan fingerprint density at radius 2 is 2.37 bits per heavy atom. The van der Waals surface area contributed by atoms with Crippen molar-refractivity contribution in [3.8, 4) is 10.7 Å². The zero-order chi connectivity index (χ0) is 13.2. The molecule has 5 nitrogen and oxygen atoms in total. The van der Waals surface area contributed by atoms with Crippen LogP contribution in [0.25, 0.3) is 10.7 Å². The van der Waals surface area contributed by atoms with E-state index >= 15 is 0 Å². The number of thiophene rings is 1. The Bertz CT molecular complexity index is 659. The lowest BCUT2D eigenvalue weighted by Gasteiger charge is -2.05. The largest absolute Gasteiger partial charge is 0.338 e. The fraction of sp³-hybridized carbons (Fsp3) is 0.250. The molecule has 19 heavy (non-hydrogen) atoms. The number of aryl methyl sites for hydroxylation is 1. The molecular formula is C12H12N4OS2. The fourth-order valence-corrected chi connectivity index (χ4v) is 3.09. The second-order valence-corrected chi connectivity index (χ2v) is 6.27. The van der Waals surface area contributed by atoms with Gasteiger partial charge in [0.05, 0.1) is 10.1 Å². The van der Waals surface area contributed by atoms with Gasteiger partial charge in [0.15, 0.2) is 5.16 Å². The lowest BCUT2D eigenvalue weighted by atomic mass is 10.4. The van der Waals surface area contributed by atoms with E-state index in [1.54, 1.807) is 29.3 Å². The predicted octanol–water partition coefficient (Wildman–Crippen LogP) is 3.38. The molecule has 0 unspecified atom stereocenters. The Kier molecular flexibility index (Phi) is 3.39. The molecule has 3 aromatic rings. The summed E-state index contributed by atoms with van der Waals surface area (Å²) in [4.78, 5) is 9.73. The van der Waals surface area contributed by atoms with Gasteiger partial charge in [-0.3, -0.25) is 0 Å². The van der Waals surface area contributed by atoms with Crippen molar-refractivity contribution < 1.29 is 4.52 Å². The van der Waals surface area contributed by atoms with E-state index in [2.05, 4.69) is 15.1 Å². The maximum atomic E-state index is 5.33. The highest BCUT2D eigenvalue weighted by atomic mass is 32.2. The average molecular weight is 292 g/mol. The van der Waals surface area contributed by atoms with E-state index in [0.29, 0.717) is 11.7 Å². The van der Waals surface area contributed by atoms with E-state index in [1.807, 2.05) is 42.2 Å². The molecule has 0 amide bonds. The molecular weight excluding hydrogens is 280 g/mol. The second-order valence-electron chi connectivity index (χ2n) is 4.01. The van der Waals surface area contributed by atoms with Gasteiger partial charge in [-0.15, -0.1) is 11.3 Å². The molecule has 0 saturated carbocycles. The van der Waals surface area contributed by atoms with Crippen LogP contribution in [0.4, 0.5) is 0 Å². The summed E-state index contributed by atoms with van der Waals surface area (Å²) in [6, 6.07) is 3.96. The molecule has 3 aromatic heterocycles. The Morgan fingerprint density at radius 1 is 1.47 bits per heavy atom. The third-order valence-electron chi connectivity index (χ3n) is 2.59. The molecule has 0 aliphatic heterocycles. The molecule has 0 saturated heterocycles. The maximum Gasteiger partial charge on any atom is 0.240 e. The third-order valence-corrected chi connectivity index (χ3v) is 4.62. The Morgan fingerprint density at radius 3 is 3.05 bits per heavy atom. The standard InChI is InChI=1S/C12H12N4OS2/c1-8(19-12-13-5-6-16(12)2)11-14-10(15-17-11)9-4-3-7-18-9/h3-8H,1-2H3/t8-/m1/s1. The summed E-state index contributed by atoms with van der Waals surface area (Å²) >= 11 is 3.20. The normalized spacial score (nSPS) is 12.7. The first kappa shape index (κ1) is 12.4. The van der Waals surface area contributed by atoms with Crippen LogP contribution >= 0.6 is 23.1 Å². The van der Waals surface area contributed by atoms with Crippen molar-refractivity contribution in [1.82, 2.24) is 19.7 Å². The lowest BCUT2D eigenvalue weighted by molar-refractivity contribution is 0.380. The third kappa shape index (κ3) is 2.57. The number of aromatic nitrogens is 4. The first-order valence-corrected chi connectivity index (χ1v) is 7.51. The van der Waals surface area contributed by atoms with Crippen LogP contribution < -0.4 is 0 Å². The van der Waals surface area contributed by atoms with Crippen LogP contribution in [0.1, 0.15) is 18.1 Å². The van der Waals surface area contributed by atoms with Crippen molar-refractivity contribution in [3.05, 3.63) is 35.8 Å². The molecule has 0 aliphatic carbocycles. The van der Waals surface area contributed by atoms with Crippen molar-refractivity contribution in [2.45, 2.75) is 17.3 Å². The van der Waals surface area contributed by atoms with Gasteiger partial charge in [-0.25, -0.2) is 4.98 Å². The molecule has 0 fully saturated rings. The average Bonchev–Trinajstić information content (AvgIpc) is 3.09. The van der Waals surface area contributed by atoms with Crippen LogP contribution in [0.15, 0.2) is 39.6 Å². The fourth-order valence-electron chi connectivity index (χ4n) is 1.58. The molecule has 98 valence electrons. The molecule has 3 rings (SSSR count). The minimum Gasteiger partial charge on any atom is -0.338 e. The van der Waals surface area contributed by atoms with Gasteiger partial charge in [0.25, 0.3) is 0 Å². The van der Waals surface area contributed by atoms with Gasteiger partial charge >= 0.3 is 0 Å². The molecule has 0 spiro atoms. The molecule has 7 heteroatoms. The van der Waals surface area contributed by atoms with Crippen molar-refractivity contribution in [3.63, 3.8) is 0 Å². The van der Waals surface area contributed by atoms with Crippen LogP contribution in [-0.4, -0.2) is 19.7 Å². The minimum atomic E-state index is 0.0716. The van der Waals surface area contributed by atoms with Gasteiger partial charge < -0.3 is 9.09 Å². The summed E-state index contributed by atoms with van der Waals surface area (Å²) in [5, 5.41) is 7.02. The number of thioether (sulfide) groups is 1. The van der Waals surface area contributed by atoms with Gasteiger partial charge in [0, 0.05) is 19.4 Å². The zero-order valence-electron chi connectivity index (χ0n) is 10.5. The van der Waals surface area contributed by atoms with Crippen LogP contribution in [0.2, 0.25) is 0 Å².